The van der Waals surface area contributed by atoms with Gasteiger partial charge in [-0.05, 0) is 67.0 Å². The number of benzene rings is 2. The molecule has 0 saturated heterocycles. The second-order valence-corrected chi connectivity index (χ2v) is 8.32. The molecule has 0 unspecified atom stereocenters. The molecule has 0 bridgehead atoms. The molecule has 0 atom stereocenters. The molecule has 1 amide bonds. The molecule has 2 aromatic rings. The van der Waals surface area contributed by atoms with Gasteiger partial charge in [0.2, 0.25) is 5.91 Å². The van der Waals surface area contributed by atoms with Crippen LogP contribution in [0.3, 0.4) is 0 Å². The van der Waals surface area contributed by atoms with Crippen LogP contribution < -0.4 is 5.32 Å². The SMILES string of the molecule is COC(=O)C1(NC(=O)Cc2cc(-c3ccc(Cl)cc3)ccc2C)CCC(OC)CC1. The molecule has 5 nitrogen and oxygen atoms in total. The van der Waals surface area contributed by atoms with E-state index in [1.807, 2.05) is 49.4 Å². The number of esters is 1. The number of carbonyl (C=O) groups excluding carboxylic acids is 2. The fraction of sp³-hybridized carbons (Fsp3) is 0.417. The predicted octanol–water partition coefficient (Wildman–Crippen LogP) is 4.47. The summed E-state index contributed by atoms with van der Waals surface area (Å²) in [7, 11) is 3.03. The van der Waals surface area contributed by atoms with Gasteiger partial charge >= 0.3 is 5.97 Å². The second kappa shape index (κ2) is 9.63. The zero-order chi connectivity index (χ0) is 21.7. The summed E-state index contributed by atoms with van der Waals surface area (Å²) in [6, 6.07) is 13.7. The van der Waals surface area contributed by atoms with Crippen molar-refractivity contribution in [1.29, 1.82) is 0 Å². The standard InChI is InChI=1S/C24H28ClNO4/c1-16-4-5-18(17-6-8-20(25)9-7-17)14-19(16)15-22(27)26-24(23(28)30-3)12-10-21(29-2)11-13-24/h4-9,14,21H,10-13,15H2,1-3H3,(H,26,27). The number of hydrogen-bond donors (Lipinski definition) is 1. The Hall–Kier alpha value is -2.37. The summed E-state index contributed by atoms with van der Waals surface area (Å²) in [5, 5.41) is 3.67. The van der Waals surface area contributed by atoms with E-state index >= 15 is 0 Å². The highest BCUT2D eigenvalue weighted by molar-refractivity contribution is 6.30. The monoisotopic (exact) mass is 429 g/mol. The van der Waals surface area contributed by atoms with Gasteiger partial charge in [0.1, 0.15) is 5.54 Å². The van der Waals surface area contributed by atoms with E-state index in [0.717, 1.165) is 22.3 Å². The molecule has 0 aromatic heterocycles. The van der Waals surface area contributed by atoms with Crippen LogP contribution in [-0.4, -0.2) is 37.7 Å². The van der Waals surface area contributed by atoms with E-state index in [-0.39, 0.29) is 18.4 Å². The molecule has 6 heteroatoms. The minimum atomic E-state index is -0.984. The largest absolute Gasteiger partial charge is 0.467 e. The van der Waals surface area contributed by atoms with Gasteiger partial charge in [-0.2, -0.15) is 0 Å². The van der Waals surface area contributed by atoms with Crippen LogP contribution in [0.25, 0.3) is 11.1 Å². The van der Waals surface area contributed by atoms with E-state index < -0.39 is 11.5 Å². The van der Waals surface area contributed by atoms with Crippen molar-refractivity contribution in [2.45, 2.75) is 50.7 Å². The third-order valence-corrected chi connectivity index (χ3v) is 6.20. The van der Waals surface area contributed by atoms with E-state index in [0.29, 0.717) is 30.7 Å². The van der Waals surface area contributed by atoms with Crippen molar-refractivity contribution in [3.8, 4) is 11.1 Å². The van der Waals surface area contributed by atoms with Crippen LogP contribution in [0.15, 0.2) is 42.5 Å². The van der Waals surface area contributed by atoms with E-state index in [9.17, 15) is 9.59 Å². The average Bonchev–Trinajstić information content (AvgIpc) is 2.75. The first-order chi connectivity index (χ1) is 14.4. The first-order valence-electron chi connectivity index (χ1n) is 10.1. The van der Waals surface area contributed by atoms with Crippen LogP contribution in [-0.2, 0) is 25.5 Å². The maximum absolute atomic E-state index is 12.9. The van der Waals surface area contributed by atoms with Gasteiger partial charge in [0.05, 0.1) is 19.6 Å². The van der Waals surface area contributed by atoms with Crippen molar-refractivity contribution >= 4 is 23.5 Å². The van der Waals surface area contributed by atoms with E-state index in [1.165, 1.54) is 7.11 Å². The Morgan fingerprint density at radius 2 is 1.70 bits per heavy atom. The Labute approximate surface area is 182 Å². The number of methoxy groups -OCH3 is 2. The molecule has 1 aliphatic carbocycles. The topological polar surface area (TPSA) is 64.6 Å². The van der Waals surface area contributed by atoms with Crippen LogP contribution in [0.2, 0.25) is 5.02 Å². The zero-order valence-corrected chi connectivity index (χ0v) is 18.4. The number of carbonyl (C=O) groups is 2. The highest BCUT2D eigenvalue weighted by atomic mass is 35.5. The molecule has 30 heavy (non-hydrogen) atoms. The van der Waals surface area contributed by atoms with Crippen LogP contribution in [0.4, 0.5) is 0 Å². The second-order valence-electron chi connectivity index (χ2n) is 7.88. The zero-order valence-electron chi connectivity index (χ0n) is 17.7. The Kier molecular flexibility index (Phi) is 7.16. The summed E-state index contributed by atoms with van der Waals surface area (Å²) in [6.07, 6.45) is 2.73. The van der Waals surface area contributed by atoms with Crippen molar-refractivity contribution in [1.82, 2.24) is 5.32 Å². The summed E-state index contributed by atoms with van der Waals surface area (Å²) in [5.74, 6) is -0.579. The normalized spacial score (nSPS) is 21.1. The van der Waals surface area contributed by atoms with Gasteiger partial charge in [-0.25, -0.2) is 4.79 Å². The number of halogens is 1. The molecule has 0 radical (unpaired) electrons. The predicted molar refractivity (Wildman–Crippen MR) is 117 cm³/mol. The minimum Gasteiger partial charge on any atom is -0.467 e. The van der Waals surface area contributed by atoms with Crippen LogP contribution in [0.1, 0.15) is 36.8 Å². The molecule has 3 rings (SSSR count). The molecule has 0 spiro atoms. The van der Waals surface area contributed by atoms with Gasteiger partial charge in [0.15, 0.2) is 0 Å². The Balaban J connectivity index is 1.76. The average molecular weight is 430 g/mol. The molecule has 1 fully saturated rings. The van der Waals surface area contributed by atoms with E-state index in [4.69, 9.17) is 21.1 Å². The van der Waals surface area contributed by atoms with Gasteiger partial charge in [0.25, 0.3) is 0 Å². The quantitative estimate of drug-likeness (QED) is 0.688. The first kappa shape index (κ1) is 22.3. The lowest BCUT2D eigenvalue weighted by atomic mass is 9.80. The van der Waals surface area contributed by atoms with Gasteiger partial charge in [0, 0.05) is 12.1 Å². The maximum Gasteiger partial charge on any atom is 0.331 e. The minimum absolute atomic E-state index is 0.109. The van der Waals surface area contributed by atoms with Gasteiger partial charge < -0.3 is 14.8 Å². The lowest BCUT2D eigenvalue weighted by Crippen LogP contribution is -2.57. The summed E-state index contributed by atoms with van der Waals surface area (Å²) < 4.78 is 10.4. The summed E-state index contributed by atoms with van der Waals surface area (Å²) >= 11 is 5.99. The Morgan fingerprint density at radius 3 is 2.30 bits per heavy atom. The number of ether oxygens (including phenoxy) is 2. The van der Waals surface area contributed by atoms with Gasteiger partial charge in [-0.1, -0.05) is 41.9 Å². The molecule has 2 aromatic carbocycles. The van der Waals surface area contributed by atoms with Crippen molar-refractivity contribution in [2.24, 2.45) is 0 Å². The number of nitrogens with one attached hydrogen (secondary N) is 1. The van der Waals surface area contributed by atoms with Crippen LogP contribution in [0, 0.1) is 6.92 Å². The van der Waals surface area contributed by atoms with Gasteiger partial charge in [-0.3, -0.25) is 4.79 Å². The number of hydrogen-bond acceptors (Lipinski definition) is 4. The lowest BCUT2D eigenvalue weighted by molar-refractivity contribution is -0.153. The maximum atomic E-state index is 12.9. The molecule has 0 heterocycles. The molecule has 0 aliphatic heterocycles. The first-order valence-corrected chi connectivity index (χ1v) is 10.5. The fourth-order valence-electron chi connectivity index (χ4n) is 4.06. The number of rotatable bonds is 6. The molecule has 1 aliphatic rings. The number of aryl methyl sites for hydroxylation is 1. The summed E-state index contributed by atoms with van der Waals surface area (Å²) in [6.45, 7) is 1.98. The molecule has 1 N–H and O–H groups in total. The van der Waals surface area contributed by atoms with Crippen LogP contribution >= 0.6 is 11.6 Å². The van der Waals surface area contributed by atoms with Crippen molar-refractivity contribution in [3.63, 3.8) is 0 Å². The molecule has 160 valence electrons. The molecule has 1 saturated carbocycles. The Morgan fingerprint density at radius 1 is 1.07 bits per heavy atom. The summed E-state index contributed by atoms with van der Waals surface area (Å²) in [4.78, 5) is 25.5. The van der Waals surface area contributed by atoms with Crippen molar-refractivity contribution < 1.29 is 19.1 Å². The van der Waals surface area contributed by atoms with Crippen molar-refractivity contribution in [2.75, 3.05) is 14.2 Å². The lowest BCUT2D eigenvalue weighted by Gasteiger charge is -2.38. The summed E-state index contributed by atoms with van der Waals surface area (Å²) in [5.41, 5.74) is 3.01. The molecular formula is C24H28ClNO4. The Bertz CT molecular complexity index is 902. The number of amides is 1. The highest BCUT2D eigenvalue weighted by Crippen LogP contribution is 2.31. The van der Waals surface area contributed by atoms with Crippen LogP contribution in [0.5, 0.6) is 0 Å². The molecular weight excluding hydrogens is 402 g/mol. The van der Waals surface area contributed by atoms with E-state index in [1.54, 1.807) is 7.11 Å². The van der Waals surface area contributed by atoms with Gasteiger partial charge in [-0.15, -0.1) is 0 Å². The highest BCUT2D eigenvalue weighted by Gasteiger charge is 2.44. The fourth-order valence-corrected chi connectivity index (χ4v) is 4.19. The third-order valence-electron chi connectivity index (χ3n) is 5.95. The van der Waals surface area contributed by atoms with Crippen molar-refractivity contribution in [3.05, 3.63) is 58.6 Å². The van der Waals surface area contributed by atoms with E-state index in [2.05, 4.69) is 5.32 Å². The smallest absolute Gasteiger partial charge is 0.331 e. The third kappa shape index (κ3) is 5.02.